The lowest BCUT2D eigenvalue weighted by atomic mass is 9.95. The third kappa shape index (κ3) is 4.47. The molecule has 1 aliphatic carbocycles. The van der Waals surface area contributed by atoms with Crippen molar-refractivity contribution in [1.29, 1.82) is 0 Å². The van der Waals surface area contributed by atoms with Gasteiger partial charge < -0.3 is 10.6 Å². The van der Waals surface area contributed by atoms with Gasteiger partial charge in [0, 0.05) is 18.0 Å². The van der Waals surface area contributed by atoms with Crippen molar-refractivity contribution >= 4 is 21.6 Å². The molecule has 0 spiro atoms. The molecule has 6 heteroatoms. The van der Waals surface area contributed by atoms with Crippen molar-refractivity contribution in [2.45, 2.75) is 50.8 Å². The summed E-state index contributed by atoms with van der Waals surface area (Å²) in [5, 5.41) is 5.40. The van der Waals surface area contributed by atoms with Crippen LogP contribution in [-0.4, -0.2) is 32.0 Å². The topological polar surface area (TPSA) is 75.3 Å². The smallest absolute Gasteiger partial charge is 0.319 e. The van der Waals surface area contributed by atoms with E-state index in [1.54, 1.807) is 0 Å². The summed E-state index contributed by atoms with van der Waals surface area (Å²) < 4.78 is 23.3. The molecule has 1 aromatic rings. The van der Waals surface area contributed by atoms with E-state index < -0.39 is 9.84 Å². The van der Waals surface area contributed by atoms with E-state index in [9.17, 15) is 13.2 Å². The van der Waals surface area contributed by atoms with Crippen LogP contribution < -0.4 is 10.6 Å². The highest BCUT2D eigenvalue weighted by Gasteiger charge is 2.29. The summed E-state index contributed by atoms with van der Waals surface area (Å²) >= 11 is 0. The van der Waals surface area contributed by atoms with Gasteiger partial charge in [-0.05, 0) is 44.7 Å². The molecule has 0 saturated heterocycles. The maximum absolute atomic E-state index is 12.1. The minimum atomic E-state index is -3.04. The van der Waals surface area contributed by atoms with Gasteiger partial charge in [0.05, 0.1) is 5.25 Å². The lowest BCUT2D eigenvalue weighted by Gasteiger charge is -2.28. The van der Waals surface area contributed by atoms with Gasteiger partial charge in [0.1, 0.15) is 9.84 Å². The molecule has 1 fully saturated rings. The number of amides is 2. The Kier molecular flexibility index (Phi) is 5.11. The van der Waals surface area contributed by atoms with Gasteiger partial charge in [0.2, 0.25) is 0 Å². The number of hydrogen-bond donors (Lipinski definition) is 2. The number of benzene rings is 1. The van der Waals surface area contributed by atoms with Gasteiger partial charge in [0.25, 0.3) is 0 Å². The molecule has 122 valence electrons. The quantitative estimate of drug-likeness (QED) is 0.897. The van der Waals surface area contributed by atoms with Crippen LogP contribution in [0.2, 0.25) is 0 Å². The van der Waals surface area contributed by atoms with Crippen LogP contribution in [0.15, 0.2) is 18.2 Å². The summed E-state index contributed by atoms with van der Waals surface area (Å²) in [6, 6.07) is 5.48. The van der Waals surface area contributed by atoms with Crippen molar-refractivity contribution in [3.05, 3.63) is 29.3 Å². The van der Waals surface area contributed by atoms with E-state index in [1.165, 1.54) is 6.26 Å². The molecule has 2 amide bonds. The number of aryl methyl sites for hydroxylation is 2. The average Bonchev–Trinajstić information content (AvgIpc) is 2.41. The predicted molar refractivity (Wildman–Crippen MR) is 89.0 cm³/mol. The number of urea groups is 1. The second-order valence-corrected chi connectivity index (χ2v) is 8.56. The average molecular weight is 324 g/mol. The van der Waals surface area contributed by atoms with E-state index in [0.717, 1.165) is 29.7 Å². The van der Waals surface area contributed by atoms with Gasteiger partial charge in [0.15, 0.2) is 0 Å². The van der Waals surface area contributed by atoms with Crippen molar-refractivity contribution < 1.29 is 13.2 Å². The Labute approximate surface area is 132 Å². The summed E-state index contributed by atoms with van der Waals surface area (Å²) in [5.74, 6) is 0. The van der Waals surface area contributed by atoms with E-state index in [0.29, 0.717) is 12.8 Å². The fourth-order valence-corrected chi connectivity index (χ4v) is 4.14. The van der Waals surface area contributed by atoms with Crippen LogP contribution in [0.5, 0.6) is 0 Å². The van der Waals surface area contributed by atoms with Crippen molar-refractivity contribution in [2.75, 3.05) is 11.6 Å². The molecule has 0 unspecified atom stereocenters. The van der Waals surface area contributed by atoms with E-state index >= 15 is 0 Å². The summed E-state index contributed by atoms with van der Waals surface area (Å²) in [6.45, 7) is 3.95. The van der Waals surface area contributed by atoms with E-state index in [-0.39, 0.29) is 17.3 Å². The molecule has 1 saturated carbocycles. The third-order valence-corrected chi connectivity index (χ3v) is 5.84. The van der Waals surface area contributed by atoms with Crippen LogP contribution >= 0.6 is 0 Å². The zero-order chi connectivity index (χ0) is 16.3. The van der Waals surface area contributed by atoms with Gasteiger partial charge in [-0.1, -0.05) is 24.1 Å². The van der Waals surface area contributed by atoms with Crippen LogP contribution in [0.4, 0.5) is 10.5 Å². The predicted octanol–water partition coefficient (Wildman–Crippen LogP) is 2.78. The largest absolute Gasteiger partial charge is 0.335 e. The maximum atomic E-state index is 12.1. The van der Waals surface area contributed by atoms with Gasteiger partial charge in [-0.3, -0.25) is 0 Å². The van der Waals surface area contributed by atoms with Crippen LogP contribution in [0.25, 0.3) is 0 Å². The zero-order valence-electron chi connectivity index (χ0n) is 13.3. The van der Waals surface area contributed by atoms with Gasteiger partial charge >= 0.3 is 6.03 Å². The Morgan fingerprint density at radius 3 is 2.59 bits per heavy atom. The molecule has 0 aromatic heterocycles. The number of anilines is 1. The molecule has 0 bridgehead atoms. The maximum Gasteiger partial charge on any atom is 0.319 e. The molecule has 2 atom stereocenters. The van der Waals surface area contributed by atoms with Crippen LogP contribution in [-0.2, 0) is 9.84 Å². The zero-order valence-corrected chi connectivity index (χ0v) is 14.2. The Morgan fingerprint density at radius 1 is 1.23 bits per heavy atom. The molecule has 0 aliphatic heterocycles. The van der Waals surface area contributed by atoms with Crippen molar-refractivity contribution in [3.63, 3.8) is 0 Å². The molecule has 1 aromatic carbocycles. The first-order chi connectivity index (χ1) is 10.3. The van der Waals surface area contributed by atoms with Crippen molar-refractivity contribution in [1.82, 2.24) is 5.32 Å². The molecule has 2 N–H and O–H groups in total. The highest BCUT2D eigenvalue weighted by molar-refractivity contribution is 7.91. The highest BCUT2D eigenvalue weighted by atomic mass is 32.2. The first-order valence-corrected chi connectivity index (χ1v) is 9.55. The van der Waals surface area contributed by atoms with Crippen LogP contribution in [0.1, 0.15) is 36.8 Å². The molecular formula is C16H24N2O3S. The van der Waals surface area contributed by atoms with Gasteiger partial charge in [-0.25, -0.2) is 13.2 Å². The van der Waals surface area contributed by atoms with E-state index in [2.05, 4.69) is 10.6 Å². The Bertz CT molecular complexity index is 655. The molecule has 5 nitrogen and oxygen atoms in total. The Balaban J connectivity index is 1.94. The number of nitrogens with one attached hydrogen (secondary N) is 2. The highest BCUT2D eigenvalue weighted by Crippen LogP contribution is 2.24. The normalized spacial score (nSPS) is 22.1. The third-order valence-electron chi connectivity index (χ3n) is 4.20. The molecule has 22 heavy (non-hydrogen) atoms. The molecule has 1 aliphatic rings. The van der Waals surface area contributed by atoms with Crippen LogP contribution in [0, 0.1) is 13.8 Å². The second-order valence-electron chi connectivity index (χ2n) is 6.23. The number of rotatable bonds is 3. The number of carbonyl (C=O) groups excluding carboxylic acids is 1. The fourth-order valence-electron chi connectivity index (χ4n) is 2.96. The summed E-state index contributed by atoms with van der Waals surface area (Å²) in [7, 11) is -3.04. The summed E-state index contributed by atoms with van der Waals surface area (Å²) in [5.41, 5.74) is 2.93. The van der Waals surface area contributed by atoms with E-state index in [1.807, 2.05) is 32.0 Å². The first-order valence-electron chi connectivity index (χ1n) is 7.59. The second kappa shape index (κ2) is 6.69. The van der Waals surface area contributed by atoms with Crippen LogP contribution in [0.3, 0.4) is 0 Å². The SMILES string of the molecule is Cc1ccc(NC(=O)N[C@H]2CCC[C@H](S(C)(=O)=O)C2)c(C)c1. The lowest BCUT2D eigenvalue weighted by molar-refractivity contribution is 0.244. The lowest BCUT2D eigenvalue weighted by Crippen LogP contribution is -2.43. The van der Waals surface area contributed by atoms with Gasteiger partial charge in [-0.15, -0.1) is 0 Å². The molecule has 0 heterocycles. The minimum Gasteiger partial charge on any atom is -0.335 e. The fraction of sp³-hybridized carbons (Fsp3) is 0.562. The van der Waals surface area contributed by atoms with E-state index in [4.69, 9.17) is 0 Å². The monoisotopic (exact) mass is 324 g/mol. The summed E-state index contributed by atoms with van der Waals surface area (Å²) in [6.07, 6.45) is 4.11. The minimum absolute atomic E-state index is 0.0840. The number of hydrogen-bond acceptors (Lipinski definition) is 3. The molecular weight excluding hydrogens is 300 g/mol. The van der Waals surface area contributed by atoms with Crippen molar-refractivity contribution in [2.24, 2.45) is 0 Å². The molecule has 0 radical (unpaired) electrons. The van der Waals surface area contributed by atoms with Crippen molar-refractivity contribution in [3.8, 4) is 0 Å². The number of carbonyl (C=O) groups is 1. The first kappa shape index (κ1) is 16.8. The Hall–Kier alpha value is -1.56. The summed E-state index contributed by atoms with van der Waals surface area (Å²) in [4.78, 5) is 12.1. The number of sulfone groups is 1. The van der Waals surface area contributed by atoms with Gasteiger partial charge in [-0.2, -0.15) is 0 Å². The molecule has 2 rings (SSSR count). The Morgan fingerprint density at radius 2 is 1.95 bits per heavy atom. The standard InChI is InChI=1S/C16H24N2O3S/c1-11-7-8-15(12(2)9-11)18-16(19)17-13-5-4-6-14(10-13)22(3,20)21/h7-9,13-14H,4-6,10H2,1-3H3,(H2,17,18,19)/t13-,14-/m0/s1.